The number of aliphatic hydroxyl groups is 1. The zero-order valence-corrected chi connectivity index (χ0v) is 11.6. The molecule has 1 N–H and O–H groups in total. The van der Waals surface area contributed by atoms with Crippen molar-refractivity contribution in [3.05, 3.63) is 35.4 Å². The molecule has 0 amide bonds. The van der Waals surface area contributed by atoms with Gasteiger partial charge in [-0.3, -0.25) is 4.90 Å². The number of rotatable bonds is 3. The summed E-state index contributed by atoms with van der Waals surface area (Å²) in [6.07, 6.45) is 5.00. The molecule has 1 aliphatic heterocycles. The molecule has 0 bridgehead atoms. The Kier molecular flexibility index (Phi) is 4.03. The van der Waals surface area contributed by atoms with Gasteiger partial charge in [-0.25, -0.2) is 8.78 Å². The largest absolute Gasteiger partial charge is 0.393 e. The molecular weight excluding hydrogens is 260 g/mol. The van der Waals surface area contributed by atoms with Crippen LogP contribution in [-0.4, -0.2) is 28.7 Å². The number of likely N-dealkylation sites (tertiary alicyclic amines) is 1. The fourth-order valence-electron chi connectivity index (χ4n) is 3.82. The van der Waals surface area contributed by atoms with Crippen LogP contribution in [-0.2, 0) is 6.54 Å². The normalized spacial score (nSPS) is 31.1. The molecule has 0 spiro atoms. The van der Waals surface area contributed by atoms with Crippen molar-refractivity contribution in [2.24, 2.45) is 5.92 Å². The van der Waals surface area contributed by atoms with Crippen molar-refractivity contribution < 1.29 is 13.9 Å². The highest BCUT2D eigenvalue weighted by Crippen LogP contribution is 2.36. The lowest BCUT2D eigenvalue weighted by Gasteiger charge is -2.31. The lowest BCUT2D eigenvalue weighted by Crippen LogP contribution is -2.38. The van der Waals surface area contributed by atoms with Crippen molar-refractivity contribution >= 4 is 0 Å². The molecule has 1 aromatic rings. The van der Waals surface area contributed by atoms with Gasteiger partial charge in [-0.15, -0.1) is 0 Å². The molecule has 4 heteroatoms. The lowest BCUT2D eigenvalue weighted by molar-refractivity contribution is 0.0715. The minimum atomic E-state index is -0.532. The van der Waals surface area contributed by atoms with E-state index in [4.69, 9.17) is 0 Å². The molecule has 3 atom stereocenters. The second-order valence-corrected chi connectivity index (χ2v) is 6.08. The second-order valence-electron chi connectivity index (χ2n) is 6.08. The van der Waals surface area contributed by atoms with Crippen LogP contribution in [0, 0.1) is 17.6 Å². The van der Waals surface area contributed by atoms with Gasteiger partial charge in [0.25, 0.3) is 0 Å². The number of aliphatic hydroxyl groups excluding tert-OH is 1. The van der Waals surface area contributed by atoms with E-state index in [0.29, 0.717) is 24.1 Å². The lowest BCUT2D eigenvalue weighted by atomic mass is 9.94. The van der Waals surface area contributed by atoms with Gasteiger partial charge in [-0.1, -0.05) is 12.5 Å². The zero-order valence-electron chi connectivity index (χ0n) is 11.6. The highest BCUT2D eigenvalue weighted by Gasteiger charge is 2.38. The first kappa shape index (κ1) is 14.0. The maximum absolute atomic E-state index is 13.8. The summed E-state index contributed by atoms with van der Waals surface area (Å²) >= 11 is 0. The minimum absolute atomic E-state index is 0.210. The third kappa shape index (κ3) is 2.72. The Balaban J connectivity index is 1.72. The molecule has 3 rings (SSSR count). The summed E-state index contributed by atoms with van der Waals surface area (Å²) in [5.41, 5.74) is 0.547. The predicted molar refractivity (Wildman–Crippen MR) is 73.1 cm³/mol. The van der Waals surface area contributed by atoms with Crippen molar-refractivity contribution in [3.8, 4) is 0 Å². The number of hydrogen-bond donors (Lipinski definition) is 1. The van der Waals surface area contributed by atoms with Crippen LogP contribution in [0.2, 0.25) is 0 Å². The molecule has 3 unspecified atom stereocenters. The van der Waals surface area contributed by atoms with Crippen molar-refractivity contribution in [2.45, 2.75) is 50.8 Å². The van der Waals surface area contributed by atoms with Crippen LogP contribution < -0.4 is 0 Å². The maximum Gasteiger partial charge on any atom is 0.130 e. The Bertz CT molecular complexity index is 480. The first-order valence-corrected chi connectivity index (χ1v) is 7.51. The van der Waals surface area contributed by atoms with Crippen LogP contribution in [0.25, 0.3) is 0 Å². The summed E-state index contributed by atoms with van der Waals surface area (Å²) < 4.78 is 26.7. The molecule has 2 aliphatic rings. The summed E-state index contributed by atoms with van der Waals surface area (Å²) in [6, 6.07) is 4.14. The van der Waals surface area contributed by atoms with E-state index in [9.17, 15) is 13.9 Å². The van der Waals surface area contributed by atoms with Crippen molar-refractivity contribution in [1.82, 2.24) is 4.90 Å². The fraction of sp³-hybridized carbons (Fsp3) is 0.625. The third-order valence-electron chi connectivity index (χ3n) is 4.83. The van der Waals surface area contributed by atoms with E-state index in [-0.39, 0.29) is 6.10 Å². The van der Waals surface area contributed by atoms with Gasteiger partial charge in [0.2, 0.25) is 0 Å². The predicted octanol–water partition coefficient (Wildman–Crippen LogP) is 3.09. The Hall–Kier alpha value is -1.00. The summed E-state index contributed by atoms with van der Waals surface area (Å²) in [7, 11) is 0. The van der Waals surface area contributed by atoms with Gasteiger partial charge in [0.1, 0.15) is 11.6 Å². The maximum atomic E-state index is 13.8. The molecule has 0 radical (unpaired) electrons. The third-order valence-corrected chi connectivity index (χ3v) is 4.83. The quantitative estimate of drug-likeness (QED) is 0.920. The monoisotopic (exact) mass is 281 g/mol. The number of nitrogens with zero attached hydrogens (tertiary/aromatic N) is 1. The summed E-state index contributed by atoms with van der Waals surface area (Å²) in [4.78, 5) is 2.26. The van der Waals surface area contributed by atoms with Gasteiger partial charge in [0.15, 0.2) is 0 Å². The van der Waals surface area contributed by atoms with Crippen LogP contribution in [0.1, 0.15) is 37.7 Å². The highest BCUT2D eigenvalue weighted by atomic mass is 19.1. The smallest absolute Gasteiger partial charge is 0.130 e. The number of halogens is 2. The van der Waals surface area contributed by atoms with Gasteiger partial charge in [0, 0.05) is 30.1 Å². The van der Waals surface area contributed by atoms with E-state index in [0.717, 1.165) is 44.7 Å². The fourth-order valence-corrected chi connectivity index (χ4v) is 3.82. The molecule has 0 aromatic heterocycles. The van der Waals surface area contributed by atoms with Crippen LogP contribution in [0.4, 0.5) is 8.78 Å². The molecule has 1 saturated carbocycles. The molecule has 2 fully saturated rings. The van der Waals surface area contributed by atoms with Gasteiger partial charge in [-0.2, -0.15) is 0 Å². The Morgan fingerprint density at radius 2 is 2.00 bits per heavy atom. The van der Waals surface area contributed by atoms with E-state index in [1.165, 1.54) is 12.1 Å². The molecule has 20 heavy (non-hydrogen) atoms. The Morgan fingerprint density at radius 1 is 1.15 bits per heavy atom. The highest BCUT2D eigenvalue weighted by molar-refractivity contribution is 5.18. The molecule has 110 valence electrons. The molecule has 1 heterocycles. The first-order valence-electron chi connectivity index (χ1n) is 7.51. The SMILES string of the molecule is OC1CCCC1C1CCCN1Cc1ccc(F)cc1F. The summed E-state index contributed by atoms with van der Waals surface area (Å²) in [6.45, 7) is 1.45. The summed E-state index contributed by atoms with van der Waals surface area (Å²) in [5, 5.41) is 10.1. The number of benzene rings is 1. The Labute approximate surface area is 118 Å². The average molecular weight is 281 g/mol. The van der Waals surface area contributed by atoms with Crippen molar-refractivity contribution in [2.75, 3.05) is 6.54 Å². The van der Waals surface area contributed by atoms with Crippen LogP contribution in [0.3, 0.4) is 0 Å². The topological polar surface area (TPSA) is 23.5 Å². The van der Waals surface area contributed by atoms with Crippen molar-refractivity contribution in [3.63, 3.8) is 0 Å². The molecule has 2 nitrogen and oxygen atoms in total. The van der Waals surface area contributed by atoms with E-state index >= 15 is 0 Å². The minimum Gasteiger partial charge on any atom is -0.393 e. The molecule has 1 aliphatic carbocycles. The Morgan fingerprint density at radius 3 is 2.70 bits per heavy atom. The van der Waals surface area contributed by atoms with Crippen LogP contribution in [0.5, 0.6) is 0 Å². The zero-order chi connectivity index (χ0) is 14.1. The molecule has 1 aromatic carbocycles. The number of hydrogen-bond acceptors (Lipinski definition) is 2. The molecule has 1 saturated heterocycles. The average Bonchev–Trinajstić information content (AvgIpc) is 3.01. The van der Waals surface area contributed by atoms with Gasteiger partial charge in [0.05, 0.1) is 6.10 Å². The first-order chi connectivity index (χ1) is 9.65. The second kappa shape index (κ2) is 5.78. The van der Waals surface area contributed by atoms with Gasteiger partial charge < -0.3 is 5.11 Å². The van der Waals surface area contributed by atoms with Gasteiger partial charge in [-0.05, 0) is 38.3 Å². The summed E-state index contributed by atoms with van der Waals surface area (Å²) in [5.74, 6) is -0.681. The van der Waals surface area contributed by atoms with Crippen LogP contribution >= 0.6 is 0 Å². The molecular formula is C16H21F2NO. The van der Waals surface area contributed by atoms with Crippen LogP contribution in [0.15, 0.2) is 18.2 Å². The van der Waals surface area contributed by atoms with E-state index in [1.54, 1.807) is 0 Å². The van der Waals surface area contributed by atoms with E-state index < -0.39 is 11.6 Å². The van der Waals surface area contributed by atoms with E-state index in [1.807, 2.05) is 0 Å². The van der Waals surface area contributed by atoms with E-state index in [2.05, 4.69) is 4.90 Å². The standard InChI is InChI=1S/C16H21F2NO/c17-12-7-6-11(14(18)9-12)10-19-8-2-4-15(19)13-3-1-5-16(13)20/h6-7,9,13,15-16,20H,1-5,8,10H2. The van der Waals surface area contributed by atoms with Crippen molar-refractivity contribution in [1.29, 1.82) is 0 Å². The van der Waals surface area contributed by atoms with Gasteiger partial charge >= 0.3 is 0 Å².